The molecule has 1 aromatic heterocycles. The van der Waals surface area contributed by atoms with Gasteiger partial charge in [0.1, 0.15) is 5.82 Å². The van der Waals surface area contributed by atoms with E-state index in [2.05, 4.69) is 45.5 Å². The van der Waals surface area contributed by atoms with Crippen molar-refractivity contribution >= 4 is 41.0 Å². The van der Waals surface area contributed by atoms with Crippen LogP contribution in [0, 0.1) is 0 Å². The molecule has 0 aliphatic heterocycles. The number of imidazole rings is 1. The number of nitrogens with one attached hydrogen (secondary N) is 3. The zero-order valence-corrected chi connectivity index (χ0v) is 16.4. The minimum Gasteiger partial charge on any atom is -0.357 e. The van der Waals surface area contributed by atoms with Crippen molar-refractivity contribution in [3.05, 3.63) is 30.1 Å². The number of para-hydroxylation sites is 2. The maximum Gasteiger partial charge on any atom is 0.191 e. The van der Waals surface area contributed by atoms with Crippen molar-refractivity contribution in [1.82, 2.24) is 20.6 Å². The average Bonchev–Trinajstić information content (AvgIpc) is 2.94. The van der Waals surface area contributed by atoms with Crippen LogP contribution >= 0.6 is 24.0 Å². The molecule has 0 saturated heterocycles. The van der Waals surface area contributed by atoms with Gasteiger partial charge in [0.25, 0.3) is 0 Å². The van der Waals surface area contributed by atoms with Gasteiger partial charge in [0.05, 0.1) is 11.0 Å². The number of benzene rings is 1. The Hall–Kier alpha value is -1.31. The summed E-state index contributed by atoms with van der Waals surface area (Å²) >= 11 is 0. The number of aromatic nitrogens is 2. The van der Waals surface area contributed by atoms with E-state index < -0.39 is 0 Å². The highest BCUT2D eigenvalue weighted by Gasteiger charge is 2.01. The van der Waals surface area contributed by atoms with Crippen LogP contribution in [-0.2, 0) is 6.42 Å². The molecule has 0 aliphatic rings. The highest BCUT2D eigenvalue weighted by Crippen LogP contribution is 2.11. The van der Waals surface area contributed by atoms with Gasteiger partial charge < -0.3 is 15.6 Å². The van der Waals surface area contributed by atoms with E-state index in [1.54, 1.807) is 0 Å². The molecule has 3 N–H and O–H groups in total. The summed E-state index contributed by atoms with van der Waals surface area (Å²) in [5.41, 5.74) is 2.14. The number of H-pyrrole nitrogens is 1. The maximum absolute atomic E-state index is 4.61. The monoisotopic (exact) mass is 429 g/mol. The van der Waals surface area contributed by atoms with Gasteiger partial charge in [-0.3, -0.25) is 4.99 Å². The zero-order chi connectivity index (χ0) is 15.6. The van der Waals surface area contributed by atoms with E-state index in [9.17, 15) is 0 Å². The molecule has 6 heteroatoms. The Morgan fingerprint density at radius 3 is 2.74 bits per heavy atom. The second kappa shape index (κ2) is 11.3. The van der Waals surface area contributed by atoms with Gasteiger partial charge >= 0.3 is 0 Å². The third-order valence-corrected chi connectivity index (χ3v) is 3.45. The minimum atomic E-state index is 0. The van der Waals surface area contributed by atoms with Gasteiger partial charge in [0, 0.05) is 26.1 Å². The summed E-state index contributed by atoms with van der Waals surface area (Å²) in [6.45, 7) is 6.95. The van der Waals surface area contributed by atoms with Crippen LogP contribution < -0.4 is 10.6 Å². The first-order valence-corrected chi connectivity index (χ1v) is 8.29. The summed E-state index contributed by atoms with van der Waals surface area (Å²) in [4.78, 5) is 12.6. The number of hydrogen-bond acceptors (Lipinski definition) is 2. The van der Waals surface area contributed by atoms with Crippen molar-refractivity contribution in [1.29, 1.82) is 0 Å². The van der Waals surface area contributed by atoms with Crippen molar-refractivity contribution in [2.24, 2.45) is 4.99 Å². The number of nitrogens with zero attached hydrogens (tertiary/aromatic N) is 2. The van der Waals surface area contributed by atoms with Gasteiger partial charge in [0.2, 0.25) is 0 Å². The van der Waals surface area contributed by atoms with E-state index in [0.29, 0.717) is 0 Å². The lowest BCUT2D eigenvalue weighted by Crippen LogP contribution is -2.37. The number of guanidine groups is 1. The normalized spacial score (nSPS) is 11.3. The maximum atomic E-state index is 4.61. The van der Waals surface area contributed by atoms with Gasteiger partial charge in [0.15, 0.2) is 5.96 Å². The molecular formula is C17H28IN5. The Bertz CT molecular complexity index is 560. The van der Waals surface area contributed by atoms with Gasteiger partial charge in [-0.25, -0.2) is 4.98 Å². The Kier molecular flexibility index (Phi) is 9.66. The standard InChI is InChI=1S/C17H27N5.HI/c1-3-5-12-19-17(18-4-2)20-13-8-11-16-21-14-9-6-7-10-15(14)22-16;/h6-7,9-10H,3-5,8,11-13H2,1-2H3,(H,21,22)(H2,18,19,20);1H. The molecule has 0 radical (unpaired) electrons. The molecule has 0 unspecified atom stereocenters. The number of aryl methyl sites for hydroxylation is 1. The van der Waals surface area contributed by atoms with Crippen LogP contribution in [0.25, 0.3) is 11.0 Å². The molecule has 5 nitrogen and oxygen atoms in total. The zero-order valence-electron chi connectivity index (χ0n) is 14.1. The molecule has 0 bridgehead atoms. The van der Waals surface area contributed by atoms with Crippen molar-refractivity contribution in [2.75, 3.05) is 19.6 Å². The van der Waals surface area contributed by atoms with Crippen molar-refractivity contribution in [2.45, 2.75) is 39.5 Å². The quantitative estimate of drug-likeness (QED) is 0.261. The van der Waals surface area contributed by atoms with E-state index >= 15 is 0 Å². The van der Waals surface area contributed by atoms with E-state index in [0.717, 1.165) is 55.3 Å². The van der Waals surface area contributed by atoms with Crippen LogP contribution in [0.2, 0.25) is 0 Å². The fourth-order valence-electron chi connectivity index (χ4n) is 2.29. The molecule has 0 atom stereocenters. The van der Waals surface area contributed by atoms with E-state index in [1.807, 2.05) is 18.2 Å². The molecule has 23 heavy (non-hydrogen) atoms. The van der Waals surface area contributed by atoms with Crippen LogP contribution in [0.15, 0.2) is 29.3 Å². The fraction of sp³-hybridized carbons (Fsp3) is 0.529. The fourth-order valence-corrected chi connectivity index (χ4v) is 2.29. The Labute approximate surface area is 155 Å². The highest BCUT2D eigenvalue weighted by atomic mass is 127. The SMILES string of the molecule is CCCCNC(=NCCCc1nc2ccccc2[nH]1)NCC.I. The summed E-state index contributed by atoms with van der Waals surface area (Å²) in [6.07, 6.45) is 4.28. The summed E-state index contributed by atoms with van der Waals surface area (Å²) in [7, 11) is 0. The largest absolute Gasteiger partial charge is 0.357 e. The van der Waals surface area contributed by atoms with Gasteiger partial charge in [-0.15, -0.1) is 24.0 Å². The molecular weight excluding hydrogens is 401 g/mol. The molecule has 0 amide bonds. The lowest BCUT2D eigenvalue weighted by Gasteiger charge is -2.10. The van der Waals surface area contributed by atoms with Crippen molar-refractivity contribution in [3.8, 4) is 0 Å². The van der Waals surface area contributed by atoms with Crippen molar-refractivity contribution in [3.63, 3.8) is 0 Å². The molecule has 0 aliphatic carbocycles. The number of hydrogen-bond donors (Lipinski definition) is 3. The molecule has 0 saturated carbocycles. The minimum absolute atomic E-state index is 0. The topological polar surface area (TPSA) is 65.1 Å². The molecule has 1 heterocycles. The molecule has 1 aromatic carbocycles. The second-order valence-corrected chi connectivity index (χ2v) is 5.35. The number of fused-ring (bicyclic) bond motifs is 1. The van der Waals surface area contributed by atoms with E-state index in [4.69, 9.17) is 0 Å². The Morgan fingerprint density at radius 1 is 1.17 bits per heavy atom. The summed E-state index contributed by atoms with van der Waals surface area (Å²) in [6, 6.07) is 8.14. The third-order valence-electron chi connectivity index (χ3n) is 3.45. The van der Waals surface area contributed by atoms with Gasteiger partial charge in [-0.2, -0.15) is 0 Å². The van der Waals surface area contributed by atoms with Crippen LogP contribution in [0.5, 0.6) is 0 Å². The first-order valence-electron chi connectivity index (χ1n) is 8.29. The number of unbranched alkanes of at least 4 members (excludes halogenated alkanes) is 1. The Morgan fingerprint density at radius 2 is 2.00 bits per heavy atom. The lowest BCUT2D eigenvalue weighted by molar-refractivity contribution is 0.723. The first kappa shape index (κ1) is 19.7. The average molecular weight is 429 g/mol. The van der Waals surface area contributed by atoms with Crippen LogP contribution in [0.4, 0.5) is 0 Å². The van der Waals surface area contributed by atoms with Crippen molar-refractivity contribution < 1.29 is 0 Å². The summed E-state index contributed by atoms with van der Waals surface area (Å²) in [5.74, 6) is 1.96. The van der Waals surface area contributed by atoms with Crippen LogP contribution in [0.3, 0.4) is 0 Å². The van der Waals surface area contributed by atoms with Crippen LogP contribution in [0.1, 0.15) is 38.9 Å². The molecule has 0 spiro atoms. The molecule has 128 valence electrons. The lowest BCUT2D eigenvalue weighted by atomic mass is 10.3. The number of aliphatic imine (C=N–C) groups is 1. The number of halogens is 1. The molecule has 0 fully saturated rings. The molecule has 2 aromatic rings. The third kappa shape index (κ3) is 6.76. The van der Waals surface area contributed by atoms with E-state index in [1.165, 1.54) is 12.8 Å². The molecule has 2 rings (SSSR count). The summed E-state index contributed by atoms with van der Waals surface area (Å²) in [5, 5.41) is 6.63. The predicted octanol–water partition coefficient (Wildman–Crippen LogP) is 3.47. The second-order valence-electron chi connectivity index (χ2n) is 5.35. The van der Waals surface area contributed by atoms with Gasteiger partial charge in [-0.1, -0.05) is 25.5 Å². The van der Waals surface area contributed by atoms with Gasteiger partial charge in [-0.05, 0) is 31.9 Å². The Balaban J connectivity index is 0.00000264. The number of rotatable bonds is 8. The van der Waals surface area contributed by atoms with E-state index in [-0.39, 0.29) is 24.0 Å². The highest BCUT2D eigenvalue weighted by molar-refractivity contribution is 14.0. The smallest absolute Gasteiger partial charge is 0.191 e. The van der Waals surface area contributed by atoms with Crippen LogP contribution in [-0.4, -0.2) is 35.6 Å². The predicted molar refractivity (Wildman–Crippen MR) is 109 cm³/mol. The number of aromatic amines is 1. The first-order chi connectivity index (χ1) is 10.8. The summed E-state index contributed by atoms with van der Waals surface area (Å²) < 4.78 is 0.